The second-order valence-corrected chi connectivity index (χ2v) is 6.60. The van der Waals surface area contributed by atoms with Crippen molar-refractivity contribution < 1.29 is 18.7 Å². The lowest BCUT2D eigenvalue weighted by molar-refractivity contribution is -0.116. The standard InChI is InChI=1S/C21H22FN3O4/c1-13-6-7-16(15(22)9-13)24-20(26)5-4-8-25-12-23-17-11-19(29-3)18(28-2)10-14(17)21(25)27/h6-7,9-12H,4-5,8H2,1-3H3,(H,24,26). The van der Waals surface area contributed by atoms with Crippen LogP contribution < -0.4 is 20.3 Å². The van der Waals surface area contributed by atoms with E-state index in [1.807, 2.05) is 0 Å². The summed E-state index contributed by atoms with van der Waals surface area (Å²) in [6.07, 6.45) is 1.98. The molecule has 0 aliphatic rings. The zero-order valence-electron chi connectivity index (χ0n) is 16.5. The van der Waals surface area contributed by atoms with Crippen LogP contribution in [0.4, 0.5) is 10.1 Å². The largest absolute Gasteiger partial charge is 0.493 e. The Morgan fingerprint density at radius 3 is 2.59 bits per heavy atom. The lowest BCUT2D eigenvalue weighted by Crippen LogP contribution is -2.22. The molecule has 0 aliphatic heterocycles. The molecule has 7 nitrogen and oxygen atoms in total. The van der Waals surface area contributed by atoms with Gasteiger partial charge in [0.1, 0.15) is 5.82 Å². The minimum Gasteiger partial charge on any atom is -0.493 e. The summed E-state index contributed by atoms with van der Waals surface area (Å²) in [7, 11) is 3.01. The minimum absolute atomic E-state index is 0.143. The summed E-state index contributed by atoms with van der Waals surface area (Å²) in [6.45, 7) is 2.08. The van der Waals surface area contributed by atoms with Crippen molar-refractivity contribution in [2.45, 2.75) is 26.3 Å². The highest BCUT2D eigenvalue weighted by Gasteiger charge is 2.12. The van der Waals surface area contributed by atoms with Crippen LogP contribution in [0.15, 0.2) is 41.5 Å². The first kappa shape index (κ1) is 20.3. The molecule has 0 aliphatic carbocycles. The van der Waals surface area contributed by atoms with Crippen LogP contribution in [-0.4, -0.2) is 29.7 Å². The SMILES string of the molecule is COc1cc2ncn(CCCC(=O)Nc3ccc(C)cc3F)c(=O)c2cc1OC. The van der Waals surface area contributed by atoms with Gasteiger partial charge in [0.25, 0.3) is 5.56 Å². The van der Waals surface area contributed by atoms with Crippen molar-refractivity contribution >= 4 is 22.5 Å². The van der Waals surface area contributed by atoms with Crippen LogP contribution in [0.2, 0.25) is 0 Å². The Hall–Kier alpha value is -3.42. The number of benzene rings is 2. The van der Waals surface area contributed by atoms with Gasteiger partial charge in [0.05, 0.1) is 37.1 Å². The second-order valence-electron chi connectivity index (χ2n) is 6.60. The number of carbonyl (C=O) groups is 1. The van der Waals surface area contributed by atoms with Gasteiger partial charge < -0.3 is 14.8 Å². The summed E-state index contributed by atoms with van der Waals surface area (Å²) in [6, 6.07) is 7.85. The fraction of sp³-hybridized carbons (Fsp3) is 0.286. The topological polar surface area (TPSA) is 82.5 Å². The van der Waals surface area contributed by atoms with E-state index in [4.69, 9.17) is 9.47 Å². The van der Waals surface area contributed by atoms with Crippen LogP contribution in [0, 0.1) is 12.7 Å². The molecule has 3 rings (SSSR count). The number of methoxy groups -OCH3 is 2. The van der Waals surface area contributed by atoms with Crippen molar-refractivity contribution in [2.75, 3.05) is 19.5 Å². The van der Waals surface area contributed by atoms with Gasteiger partial charge in [-0.3, -0.25) is 14.2 Å². The molecule has 8 heteroatoms. The van der Waals surface area contributed by atoms with Crippen molar-refractivity contribution in [1.29, 1.82) is 0 Å². The van der Waals surface area contributed by atoms with Crippen molar-refractivity contribution in [1.82, 2.24) is 9.55 Å². The third-order valence-corrected chi connectivity index (χ3v) is 4.53. The van der Waals surface area contributed by atoms with Gasteiger partial charge in [-0.15, -0.1) is 0 Å². The Kier molecular flexibility index (Phi) is 6.11. The van der Waals surface area contributed by atoms with Gasteiger partial charge in [-0.05, 0) is 37.1 Å². The normalized spacial score (nSPS) is 10.8. The van der Waals surface area contributed by atoms with E-state index in [0.29, 0.717) is 35.4 Å². The Morgan fingerprint density at radius 2 is 1.90 bits per heavy atom. The number of halogens is 1. The third kappa shape index (κ3) is 4.53. The summed E-state index contributed by atoms with van der Waals surface area (Å²) in [5.41, 5.74) is 1.18. The predicted molar refractivity (Wildman–Crippen MR) is 108 cm³/mol. The molecule has 29 heavy (non-hydrogen) atoms. The highest BCUT2D eigenvalue weighted by Crippen LogP contribution is 2.29. The number of amides is 1. The van der Waals surface area contributed by atoms with Crippen molar-refractivity contribution in [2.24, 2.45) is 0 Å². The van der Waals surface area contributed by atoms with Crippen LogP contribution in [0.25, 0.3) is 10.9 Å². The first-order valence-corrected chi connectivity index (χ1v) is 9.10. The lowest BCUT2D eigenvalue weighted by Gasteiger charge is -2.11. The minimum atomic E-state index is -0.474. The first-order chi connectivity index (χ1) is 13.9. The molecule has 3 aromatic rings. The van der Waals surface area contributed by atoms with E-state index in [9.17, 15) is 14.0 Å². The zero-order valence-corrected chi connectivity index (χ0v) is 16.5. The van der Waals surface area contributed by atoms with Gasteiger partial charge >= 0.3 is 0 Å². The van der Waals surface area contributed by atoms with E-state index in [-0.39, 0.29) is 23.6 Å². The number of ether oxygens (including phenoxy) is 2. The highest BCUT2D eigenvalue weighted by molar-refractivity contribution is 5.90. The molecule has 0 saturated carbocycles. The number of rotatable bonds is 7. The average molecular weight is 399 g/mol. The predicted octanol–water partition coefficient (Wildman–Crippen LogP) is 3.28. The molecule has 0 fully saturated rings. The van der Waals surface area contributed by atoms with Crippen molar-refractivity contribution in [3.63, 3.8) is 0 Å². The smallest absolute Gasteiger partial charge is 0.261 e. The number of anilines is 1. The molecule has 1 aromatic heterocycles. The summed E-state index contributed by atoms with van der Waals surface area (Å²) < 4.78 is 25.7. The Morgan fingerprint density at radius 1 is 1.17 bits per heavy atom. The molecule has 0 radical (unpaired) electrons. The molecular formula is C21H22FN3O4. The number of hydrogen-bond donors (Lipinski definition) is 1. The number of nitrogens with one attached hydrogen (secondary N) is 1. The highest BCUT2D eigenvalue weighted by atomic mass is 19.1. The number of nitrogens with zero attached hydrogens (tertiary/aromatic N) is 2. The molecule has 1 N–H and O–H groups in total. The van der Waals surface area contributed by atoms with Crippen LogP contribution in [0.1, 0.15) is 18.4 Å². The third-order valence-electron chi connectivity index (χ3n) is 4.53. The molecule has 1 amide bonds. The Labute approximate surface area is 167 Å². The molecular weight excluding hydrogens is 377 g/mol. The fourth-order valence-electron chi connectivity index (χ4n) is 2.99. The summed E-state index contributed by atoms with van der Waals surface area (Å²) in [5, 5.41) is 2.95. The number of fused-ring (bicyclic) bond motifs is 1. The molecule has 0 saturated heterocycles. The van der Waals surface area contributed by atoms with Crippen LogP contribution in [-0.2, 0) is 11.3 Å². The van der Waals surface area contributed by atoms with Crippen molar-refractivity contribution in [3.8, 4) is 11.5 Å². The molecule has 0 atom stereocenters. The van der Waals surface area contributed by atoms with Gasteiger partial charge in [0, 0.05) is 19.0 Å². The van der Waals surface area contributed by atoms with Crippen LogP contribution in [0.3, 0.4) is 0 Å². The second kappa shape index (κ2) is 8.72. The first-order valence-electron chi connectivity index (χ1n) is 9.10. The number of carbonyl (C=O) groups excluding carboxylic acids is 1. The van der Waals surface area contributed by atoms with Gasteiger partial charge in [-0.25, -0.2) is 9.37 Å². The summed E-state index contributed by atoms with van der Waals surface area (Å²) in [5.74, 6) is 0.138. The Bertz CT molecular complexity index is 1110. The Balaban J connectivity index is 1.68. The molecule has 0 unspecified atom stereocenters. The molecule has 0 spiro atoms. The van der Waals surface area contributed by atoms with Gasteiger partial charge in [-0.1, -0.05) is 6.07 Å². The van der Waals surface area contributed by atoms with E-state index in [1.165, 1.54) is 37.2 Å². The fourth-order valence-corrected chi connectivity index (χ4v) is 2.99. The van der Waals surface area contributed by atoms with E-state index < -0.39 is 5.82 Å². The van der Waals surface area contributed by atoms with Gasteiger partial charge in [0.2, 0.25) is 5.91 Å². The van der Waals surface area contributed by atoms with E-state index in [1.54, 1.807) is 25.1 Å². The molecule has 2 aromatic carbocycles. The number of aryl methyl sites for hydroxylation is 2. The quantitative estimate of drug-likeness (QED) is 0.659. The van der Waals surface area contributed by atoms with Crippen LogP contribution in [0.5, 0.6) is 11.5 Å². The maximum Gasteiger partial charge on any atom is 0.261 e. The number of hydrogen-bond acceptors (Lipinski definition) is 5. The molecule has 0 bridgehead atoms. The molecule has 1 heterocycles. The van der Waals surface area contributed by atoms with Gasteiger partial charge in [0.15, 0.2) is 11.5 Å². The maximum atomic E-state index is 13.8. The maximum absolute atomic E-state index is 13.8. The average Bonchev–Trinajstić information content (AvgIpc) is 2.71. The van der Waals surface area contributed by atoms with E-state index >= 15 is 0 Å². The summed E-state index contributed by atoms with van der Waals surface area (Å²) in [4.78, 5) is 29.1. The zero-order chi connectivity index (χ0) is 21.0. The molecule has 152 valence electrons. The monoisotopic (exact) mass is 399 g/mol. The van der Waals surface area contributed by atoms with Crippen LogP contribution >= 0.6 is 0 Å². The number of aromatic nitrogens is 2. The van der Waals surface area contributed by atoms with Gasteiger partial charge in [-0.2, -0.15) is 0 Å². The van der Waals surface area contributed by atoms with E-state index in [0.717, 1.165) is 5.56 Å². The summed E-state index contributed by atoms with van der Waals surface area (Å²) >= 11 is 0. The lowest BCUT2D eigenvalue weighted by atomic mass is 10.2. The van der Waals surface area contributed by atoms with Crippen molar-refractivity contribution in [3.05, 3.63) is 58.4 Å². The van der Waals surface area contributed by atoms with E-state index in [2.05, 4.69) is 10.3 Å².